The molecule has 0 amide bonds. The molecule has 1 unspecified atom stereocenters. The molecular weight excluding hydrogens is 367 g/mol. The molecule has 27 heavy (non-hydrogen) atoms. The molecule has 1 aromatic heterocycles. The van der Waals surface area contributed by atoms with Crippen molar-refractivity contribution in [3.8, 4) is 0 Å². The summed E-state index contributed by atoms with van der Waals surface area (Å²) in [4.78, 5) is 26.0. The van der Waals surface area contributed by atoms with Gasteiger partial charge in [0.15, 0.2) is 11.6 Å². The van der Waals surface area contributed by atoms with Gasteiger partial charge in [-0.2, -0.15) is 0 Å². The second-order valence-electron chi connectivity index (χ2n) is 7.59. The second kappa shape index (κ2) is 6.53. The van der Waals surface area contributed by atoms with Crippen molar-refractivity contribution in [2.45, 2.75) is 32.7 Å². The largest absolute Gasteiger partial charge is 0.342 e. The Hall–Kier alpha value is -2.60. The van der Waals surface area contributed by atoms with Gasteiger partial charge in [0, 0.05) is 40.7 Å². The average Bonchev–Trinajstić information content (AvgIpc) is 2.60. The highest BCUT2D eigenvalue weighted by molar-refractivity contribution is 6.31. The van der Waals surface area contributed by atoms with Gasteiger partial charge in [0.25, 0.3) is 0 Å². The van der Waals surface area contributed by atoms with Crippen molar-refractivity contribution >= 4 is 23.2 Å². The van der Waals surface area contributed by atoms with E-state index in [4.69, 9.17) is 16.6 Å². The third-order valence-corrected chi connectivity index (χ3v) is 5.11. The summed E-state index contributed by atoms with van der Waals surface area (Å²) in [6, 6.07) is 3.56. The highest BCUT2D eigenvalue weighted by Crippen LogP contribution is 2.44. The molecule has 5 nitrogen and oxygen atoms in total. The molecule has 2 aliphatic rings. The SMILES string of the molecule is CC1(C)CC(=O)C2=C(C1)NC(c1cnccn1)=NC2c1ccc(F)cc1Cl. The van der Waals surface area contributed by atoms with E-state index in [-0.39, 0.29) is 16.2 Å². The number of halogens is 2. The summed E-state index contributed by atoms with van der Waals surface area (Å²) in [6.45, 7) is 4.12. The van der Waals surface area contributed by atoms with Gasteiger partial charge in [-0.25, -0.2) is 9.37 Å². The van der Waals surface area contributed by atoms with E-state index in [1.807, 2.05) is 0 Å². The van der Waals surface area contributed by atoms with E-state index < -0.39 is 11.9 Å². The number of allylic oxidation sites excluding steroid dienone is 1. The van der Waals surface area contributed by atoms with E-state index in [0.717, 1.165) is 5.70 Å². The predicted molar refractivity (Wildman–Crippen MR) is 101 cm³/mol. The fourth-order valence-corrected chi connectivity index (χ4v) is 3.90. The molecule has 0 spiro atoms. The number of amidine groups is 1. The van der Waals surface area contributed by atoms with E-state index in [9.17, 15) is 9.18 Å². The van der Waals surface area contributed by atoms with Crippen LogP contribution >= 0.6 is 11.6 Å². The Balaban J connectivity index is 1.87. The van der Waals surface area contributed by atoms with E-state index in [0.29, 0.717) is 35.5 Å². The minimum atomic E-state index is -0.602. The predicted octanol–water partition coefficient (Wildman–Crippen LogP) is 4.00. The molecule has 1 atom stereocenters. The number of carbonyl (C=O) groups is 1. The number of rotatable bonds is 2. The molecule has 0 radical (unpaired) electrons. The number of hydrogen-bond donors (Lipinski definition) is 1. The number of Topliss-reactive ketones (excluding diaryl/α,β-unsaturated/α-hetero) is 1. The zero-order valence-corrected chi connectivity index (χ0v) is 15.7. The van der Waals surface area contributed by atoms with Crippen molar-refractivity contribution in [2.75, 3.05) is 0 Å². The third-order valence-electron chi connectivity index (χ3n) is 4.78. The molecule has 1 aliphatic heterocycles. The van der Waals surface area contributed by atoms with Gasteiger partial charge < -0.3 is 5.32 Å². The average molecular weight is 385 g/mol. The van der Waals surface area contributed by atoms with Gasteiger partial charge in [-0.15, -0.1) is 0 Å². The number of ketones is 1. The number of aromatic nitrogens is 2. The molecule has 1 N–H and O–H groups in total. The van der Waals surface area contributed by atoms with Gasteiger partial charge in [0.2, 0.25) is 0 Å². The Labute approximate surface area is 161 Å². The van der Waals surface area contributed by atoms with Crippen LogP contribution in [0.4, 0.5) is 4.39 Å². The lowest BCUT2D eigenvalue weighted by molar-refractivity contribution is -0.118. The molecule has 7 heteroatoms. The molecule has 0 bridgehead atoms. The number of nitrogens with one attached hydrogen (secondary N) is 1. The molecule has 0 saturated heterocycles. The first-order valence-electron chi connectivity index (χ1n) is 8.66. The number of hydrogen-bond acceptors (Lipinski definition) is 5. The van der Waals surface area contributed by atoms with Crippen molar-refractivity contribution in [1.82, 2.24) is 15.3 Å². The number of carbonyl (C=O) groups excluding carboxylic acids is 1. The van der Waals surface area contributed by atoms with Crippen LogP contribution in [0.2, 0.25) is 5.02 Å². The zero-order valence-electron chi connectivity index (χ0n) is 15.0. The highest BCUT2D eigenvalue weighted by Gasteiger charge is 2.40. The maximum Gasteiger partial charge on any atom is 0.163 e. The lowest BCUT2D eigenvalue weighted by Gasteiger charge is -2.37. The lowest BCUT2D eigenvalue weighted by Crippen LogP contribution is -2.39. The smallest absolute Gasteiger partial charge is 0.163 e. The first kappa shape index (κ1) is 17.8. The summed E-state index contributed by atoms with van der Waals surface area (Å²) in [6.07, 6.45) is 5.90. The Kier molecular flexibility index (Phi) is 4.30. The maximum absolute atomic E-state index is 13.5. The van der Waals surface area contributed by atoms with Crippen LogP contribution < -0.4 is 5.32 Å². The third kappa shape index (κ3) is 3.37. The monoisotopic (exact) mass is 384 g/mol. The van der Waals surface area contributed by atoms with Gasteiger partial charge in [0.1, 0.15) is 17.6 Å². The van der Waals surface area contributed by atoms with Crippen LogP contribution in [0, 0.1) is 11.2 Å². The molecule has 0 saturated carbocycles. The van der Waals surface area contributed by atoms with Crippen LogP contribution in [0.15, 0.2) is 53.1 Å². The quantitative estimate of drug-likeness (QED) is 0.849. The standard InChI is InChI=1S/C20H18ClFN4O/c1-20(2)8-14-17(16(27)9-20)18(12-4-3-11(22)7-13(12)21)26-19(25-14)15-10-23-5-6-24-15/h3-7,10,18H,8-9H2,1-2H3,(H,25,26). The minimum Gasteiger partial charge on any atom is -0.342 e. The van der Waals surface area contributed by atoms with Crippen molar-refractivity contribution in [1.29, 1.82) is 0 Å². The minimum absolute atomic E-state index is 0.0288. The van der Waals surface area contributed by atoms with Crippen LogP contribution in [-0.2, 0) is 4.79 Å². The molecule has 1 aromatic carbocycles. The van der Waals surface area contributed by atoms with E-state index in [1.54, 1.807) is 24.7 Å². The van der Waals surface area contributed by atoms with E-state index in [2.05, 4.69) is 29.1 Å². The highest BCUT2D eigenvalue weighted by atomic mass is 35.5. The van der Waals surface area contributed by atoms with E-state index >= 15 is 0 Å². The number of aliphatic imine (C=N–C) groups is 1. The van der Waals surface area contributed by atoms with Gasteiger partial charge in [-0.05, 0) is 24.0 Å². The van der Waals surface area contributed by atoms with Crippen molar-refractivity contribution in [3.05, 3.63) is 70.2 Å². The Bertz CT molecular complexity index is 985. The maximum atomic E-state index is 13.5. The lowest BCUT2D eigenvalue weighted by atomic mass is 9.73. The normalized spacial score (nSPS) is 21.4. The van der Waals surface area contributed by atoms with Gasteiger partial charge in [-0.3, -0.25) is 14.8 Å². The molecular formula is C20H18ClFN4O. The van der Waals surface area contributed by atoms with Gasteiger partial charge in [0.05, 0.1) is 6.20 Å². The molecule has 2 aromatic rings. The van der Waals surface area contributed by atoms with Crippen LogP contribution in [-0.4, -0.2) is 21.6 Å². The molecule has 4 rings (SSSR count). The van der Waals surface area contributed by atoms with Crippen molar-refractivity contribution in [2.24, 2.45) is 10.4 Å². The van der Waals surface area contributed by atoms with Crippen LogP contribution in [0.1, 0.15) is 44.0 Å². The Morgan fingerprint density at radius 3 is 2.78 bits per heavy atom. The van der Waals surface area contributed by atoms with Crippen molar-refractivity contribution < 1.29 is 9.18 Å². The summed E-state index contributed by atoms with van der Waals surface area (Å²) in [5.41, 5.74) is 2.42. The zero-order chi connectivity index (χ0) is 19.2. The molecule has 1 aliphatic carbocycles. The Morgan fingerprint density at radius 1 is 1.26 bits per heavy atom. The Morgan fingerprint density at radius 2 is 2.07 bits per heavy atom. The number of nitrogens with zero attached hydrogens (tertiary/aromatic N) is 3. The summed E-state index contributed by atoms with van der Waals surface area (Å²) < 4.78 is 13.5. The fourth-order valence-electron chi connectivity index (χ4n) is 3.63. The van der Waals surface area contributed by atoms with E-state index in [1.165, 1.54) is 12.1 Å². The first-order valence-corrected chi connectivity index (χ1v) is 9.04. The second-order valence-corrected chi connectivity index (χ2v) is 8.00. The van der Waals surface area contributed by atoms with Gasteiger partial charge in [-0.1, -0.05) is 31.5 Å². The fraction of sp³-hybridized carbons (Fsp3) is 0.300. The van der Waals surface area contributed by atoms with Gasteiger partial charge >= 0.3 is 0 Å². The molecule has 138 valence electrons. The topological polar surface area (TPSA) is 67.2 Å². The summed E-state index contributed by atoms with van der Waals surface area (Å²) in [7, 11) is 0. The van der Waals surface area contributed by atoms with Crippen LogP contribution in [0.5, 0.6) is 0 Å². The van der Waals surface area contributed by atoms with Crippen LogP contribution in [0.25, 0.3) is 0 Å². The number of benzene rings is 1. The first-order chi connectivity index (χ1) is 12.8. The summed E-state index contributed by atoms with van der Waals surface area (Å²) >= 11 is 6.30. The summed E-state index contributed by atoms with van der Waals surface area (Å²) in [5, 5.41) is 3.52. The summed E-state index contributed by atoms with van der Waals surface area (Å²) in [5.74, 6) is 0.125. The molecule has 2 heterocycles. The molecule has 0 fully saturated rings. The van der Waals surface area contributed by atoms with Crippen LogP contribution in [0.3, 0.4) is 0 Å². The van der Waals surface area contributed by atoms with Crippen molar-refractivity contribution in [3.63, 3.8) is 0 Å².